The number of piperidine rings is 1. The van der Waals surface area contributed by atoms with Gasteiger partial charge in [0.05, 0.1) is 10.9 Å². The molecule has 3 rings (SSSR count). The molecule has 7 nitrogen and oxygen atoms in total. The van der Waals surface area contributed by atoms with Crippen molar-refractivity contribution in [1.29, 1.82) is 0 Å². The molecule has 1 aliphatic heterocycles. The van der Waals surface area contributed by atoms with Crippen LogP contribution in [0.5, 0.6) is 5.75 Å². The zero-order valence-electron chi connectivity index (χ0n) is 17.8. The number of rotatable bonds is 2. The zero-order chi connectivity index (χ0) is 22.2. The van der Waals surface area contributed by atoms with Crippen LogP contribution in [0.25, 0.3) is 11.0 Å². The van der Waals surface area contributed by atoms with Gasteiger partial charge in [-0.3, -0.25) is 4.79 Å². The molecule has 2 aromatic rings. The maximum absolute atomic E-state index is 12.6. The minimum atomic E-state index is -0.564. The van der Waals surface area contributed by atoms with E-state index in [4.69, 9.17) is 25.5 Å². The molecular weight excluding hydrogens is 410 g/mol. The van der Waals surface area contributed by atoms with Crippen molar-refractivity contribution in [2.75, 3.05) is 13.1 Å². The van der Waals surface area contributed by atoms with Crippen molar-refractivity contribution >= 4 is 34.6 Å². The first-order chi connectivity index (χ1) is 14.0. The Morgan fingerprint density at radius 1 is 1.13 bits per heavy atom. The van der Waals surface area contributed by atoms with Crippen LogP contribution in [0.1, 0.15) is 44.7 Å². The van der Waals surface area contributed by atoms with Crippen LogP contribution in [0.4, 0.5) is 4.79 Å². The van der Waals surface area contributed by atoms with Gasteiger partial charge in [0.2, 0.25) is 0 Å². The predicted molar refractivity (Wildman–Crippen MR) is 113 cm³/mol. The number of amides is 1. The van der Waals surface area contributed by atoms with E-state index in [1.54, 1.807) is 17.9 Å². The number of fused-ring (bicyclic) bond motifs is 1. The lowest BCUT2D eigenvalue weighted by molar-refractivity contribution is -0.140. The number of aryl methyl sites for hydroxylation is 1. The number of carbonyl (C=O) groups is 2. The van der Waals surface area contributed by atoms with Gasteiger partial charge in [0.25, 0.3) is 0 Å². The normalized spacial score (nSPS) is 15.3. The summed E-state index contributed by atoms with van der Waals surface area (Å²) in [7, 11) is 0. The van der Waals surface area contributed by atoms with Gasteiger partial charge in [-0.1, -0.05) is 11.6 Å². The van der Waals surface area contributed by atoms with E-state index in [1.807, 2.05) is 27.7 Å². The summed E-state index contributed by atoms with van der Waals surface area (Å²) in [5, 5.41) is 0.959. The highest BCUT2D eigenvalue weighted by Crippen LogP contribution is 2.33. The Bertz CT molecular complexity index is 1040. The molecule has 30 heavy (non-hydrogen) atoms. The number of benzene rings is 1. The van der Waals surface area contributed by atoms with Gasteiger partial charge in [0.15, 0.2) is 5.75 Å². The lowest BCUT2D eigenvalue weighted by atomic mass is 9.97. The molecule has 0 atom stereocenters. The third-order valence-corrected chi connectivity index (χ3v) is 5.50. The summed E-state index contributed by atoms with van der Waals surface area (Å²) >= 11 is 6.31. The Morgan fingerprint density at radius 2 is 1.77 bits per heavy atom. The monoisotopic (exact) mass is 435 g/mol. The van der Waals surface area contributed by atoms with E-state index >= 15 is 0 Å². The molecular formula is C22H26ClNO6. The van der Waals surface area contributed by atoms with Crippen molar-refractivity contribution in [3.63, 3.8) is 0 Å². The fourth-order valence-corrected chi connectivity index (χ4v) is 3.54. The molecule has 1 aromatic carbocycles. The SMILES string of the molecule is Cc1c(C)c2cc(Cl)c(OC(=O)C3CCN(C(=O)OC(C)(C)C)CC3)cc2oc1=O. The minimum absolute atomic E-state index is 0.148. The minimum Gasteiger partial charge on any atom is -0.444 e. The average Bonchev–Trinajstić information content (AvgIpc) is 2.66. The summed E-state index contributed by atoms with van der Waals surface area (Å²) in [6.07, 6.45) is 0.556. The van der Waals surface area contributed by atoms with Crippen molar-refractivity contribution in [1.82, 2.24) is 4.90 Å². The van der Waals surface area contributed by atoms with Gasteiger partial charge in [-0.05, 0) is 59.1 Å². The van der Waals surface area contributed by atoms with Crippen LogP contribution in [-0.4, -0.2) is 35.7 Å². The summed E-state index contributed by atoms with van der Waals surface area (Å²) in [4.78, 5) is 38.3. The molecule has 1 saturated heterocycles. The van der Waals surface area contributed by atoms with Crippen LogP contribution in [-0.2, 0) is 9.53 Å². The molecule has 0 saturated carbocycles. The quantitative estimate of drug-likeness (QED) is 0.389. The average molecular weight is 436 g/mol. The number of hydrogen-bond acceptors (Lipinski definition) is 6. The number of hydrogen-bond donors (Lipinski definition) is 0. The fraction of sp³-hybridized carbons (Fsp3) is 0.500. The van der Waals surface area contributed by atoms with Crippen molar-refractivity contribution in [3.05, 3.63) is 38.7 Å². The highest BCUT2D eigenvalue weighted by molar-refractivity contribution is 6.33. The second kappa shape index (κ2) is 8.30. The first kappa shape index (κ1) is 22.2. The van der Waals surface area contributed by atoms with Crippen LogP contribution in [0, 0.1) is 19.8 Å². The molecule has 0 aliphatic carbocycles. The largest absolute Gasteiger partial charge is 0.444 e. The van der Waals surface area contributed by atoms with Crippen molar-refractivity contribution in [2.24, 2.45) is 5.92 Å². The summed E-state index contributed by atoms with van der Waals surface area (Å²) < 4.78 is 16.2. The van der Waals surface area contributed by atoms with E-state index < -0.39 is 17.2 Å². The van der Waals surface area contributed by atoms with Crippen LogP contribution >= 0.6 is 11.6 Å². The summed E-state index contributed by atoms with van der Waals surface area (Å²) in [6.45, 7) is 9.76. The lowest BCUT2D eigenvalue weighted by Crippen LogP contribution is -2.43. The van der Waals surface area contributed by atoms with Crippen molar-refractivity contribution in [2.45, 2.75) is 53.1 Å². The Morgan fingerprint density at radius 3 is 2.37 bits per heavy atom. The van der Waals surface area contributed by atoms with Crippen LogP contribution in [0.15, 0.2) is 21.3 Å². The number of likely N-dealkylation sites (tertiary alicyclic amines) is 1. The molecule has 0 bridgehead atoms. The summed E-state index contributed by atoms with van der Waals surface area (Å²) in [5.74, 6) is -0.636. The lowest BCUT2D eigenvalue weighted by Gasteiger charge is -2.32. The molecule has 0 N–H and O–H groups in total. The number of nitrogens with zero attached hydrogens (tertiary/aromatic N) is 1. The van der Waals surface area contributed by atoms with E-state index in [9.17, 15) is 14.4 Å². The Balaban J connectivity index is 1.69. The second-order valence-electron chi connectivity index (χ2n) is 8.58. The van der Waals surface area contributed by atoms with E-state index in [0.717, 1.165) is 5.56 Å². The predicted octanol–water partition coefficient (Wildman–Crippen LogP) is 4.62. The number of ether oxygens (including phenoxy) is 2. The maximum Gasteiger partial charge on any atom is 0.410 e. The zero-order valence-corrected chi connectivity index (χ0v) is 18.6. The second-order valence-corrected chi connectivity index (χ2v) is 8.99. The molecule has 0 spiro atoms. The Kier molecular flexibility index (Phi) is 6.13. The van der Waals surface area contributed by atoms with Crippen molar-refractivity contribution in [3.8, 4) is 5.75 Å². The molecule has 1 aliphatic rings. The number of carbonyl (C=O) groups excluding carboxylic acids is 2. The highest BCUT2D eigenvalue weighted by atomic mass is 35.5. The highest BCUT2D eigenvalue weighted by Gasteiger charge is 2.31. The van der Waals surface area contributed by atoms with Crippen molar-refractivity contribution < 1.29 is 23.5 Å². The van der Waals surface area contributed by atoms with Gasteiger partial charge in [0, 0.05) is 30.1 Å². The van der Waals surface area contributed by atoms with E-state index in [0.29, 0.717) is 42.5 Å². The third kappa shape index (κ3) is 4.78. The molecule has 1 fully saturated rings. The van der Waals surface area contributed by atoms with Crippen LogP contribution in [0.3, 0.4) is 0 Å². The fourth-order valence-electron chi connectivity index (χ4n) is 3.34. The van der Waals surface area contributed by atoms with Gasteiger partial charge in [-0.15, -0.1) is 0 Å². The Labute approximate surface area is 179 Å². The summed E-state index contributed by atoms with van der Waals surface area (Å²) in [5.41, 5.74) is 0.603. The smallest absolute Gasteiger partial charge is 0.410 e. The standard InChI is InChI=1S/C22H26ClNO6/c1-12-13(2)19(25)28-17-11-18(16(23)10-15(12)17)29-20(26)14-6-8-24(9-7-14)21(27)30-22(3,4)5/h10-11,14H,6-9H2,1-5H3. The molecule has 1 amide bonds. The van der Waals surface area contributed by atoms with E-state index in [2.05, 4.69) is 0 Å². The molecule has 162 valence electrons. The van der Waals surface area contributed by atoms with Gasteiger partial charge < -0.3 is 18.8 Å². The van der Waals surface area contributed by atoms with Crippen LogP contribution in [0.2, 0.25) is 5.02 Å². The topological polar surface area (TPSA) is 86.1 Å². The van der Waals surface area contributed by atoms with Crippen LogP contribution < -0.4 is 10.4 Å². The first-order valence-electron chi connectivity index (χ1n) is 9.89. The molecule has 0 radical (unpaired) electrons. The molecule has 0 unspecified atom stereocenters. The van der Waals surface area contributed by atoms with Gasteiger partial charge in [-0.2, -0.15) is 0 Å². The van der Waals surface area contributed by atoms with Gasteiger partial charge >= 0.3 is 17.7 Å². The van der Waals surface area contributed by atoms with Gasteiger partial charge in [-0.25, -0.2) is 9.59 Å². The molecule has 8 heteroatoms. The van der Waals surface area contributed by atoms with E-state index in [-0.39, 0.29) is 22.8 Å². The Hall–Kier alpha value is -2.54. The van der Waals surface area contributed by atoms with Gasteiger partial charge in [0.1, 0.15) is 11.2 Å². The molecule has 2 heterocycles. The third-order valence-electron chi connectivity index (χ3n) is 5.20. The maximum atomic E-state index is 12.6. The number of halogens is 1. The number of esters is 1. The van der Waals surface area contributed by atoms with E-state index in [1.165, 1.54) is 6.07 Å². The molecule has 1 aromatic heterocycles. The first-order valence-corrected chi connectivity index (χ1v) is 10.3. The summed E-state index contributed by atoms with van der Waals surface area (Å²) in [6, 6.07) is 3.11.